The van der Waals surface area contributed by atoms with Crippen LogP contribution in [-0.4, -0.2) is 49.3 Å². The predicted octanol–water partition coefficient (Wildman–Crippen LogP) is 5.57. The first-order valence-electron chi connectivity index (χ1n) is 12.1. The minimum atomic E-state index is 0.0353. The van der Waals surface area contributed by atoms with E-state index in [1.165, 1.54) is 64.2 Å². The lowest BCUT2D eigenvalue weighted by atomic mass is 9.90. The molecule has 1 atom stereocenters. The van der Waals surface area contributed by atoms with Gasteiger partial charge < -0.3 is 14.7 Å². The molecule has 1 heterocycles. The first-order chi connectivity index (χ1) is 13.7. The highest BCUT2D eigenvalue weighted by Crippen LogP contribution is 2.24. The molecule has 0 radical (unpaired) electrons. The second-order valence-electron chi connectivity index (χ2n) is 8.88. The Hall–Kier alpha value is -0.610. The van der Waals surface area contributed by atoms with E-state index in [4.69, 9.17) is 9.84 Å². The maximum absolute atomic E-state index is 12.2. The molecule has 1 saturated heterocycles. The molecule has 0 aromatic carbocycles. The first kappa shape index (κ1) is 25.4. The maximum Gasteiger partial charge on any atom is 0.309 e. The minimum Gasteiger partial charge on any atom is -0.465 e. The van der Waals surface area contributed by atoms with Crippen LogP contribution in [0.4, 0.5) is 0 Å². The molecule has 1 rings (SSSR count). The summed E-state index contributed by atoms with van der Waals surface area (Å²) >= 11 is 0. The number of hydrogen-bond donors (Lipinski definition) is 1. The van der Waals surface area contributed by atoms with E-state index in [2.05, 4.69) is 18.9 Å². The van der Waals surface area contributed by atoms with Gasteiger partial charge in [0.2, 0.25) is 0 Å². The number of rotatable bonds is 17. The van der Waals surface area contributed by atoms with Gasteiger partial charge in [0.1, 0.15) is 0 Å². The Kier molecular flexibility index (Phi) is 15.7. The first-order valence-corrected chi connectivity index (χ1v) is 12.1. The predicted molar refractivity (Wildman–Crippen MR) is 117 cm³/mol. The van der Waals surface area contributed by atoms with E-state index >= 15 is 0 Å². The van der Waals surface area contributed by atoms with Crippen molar-refractivity contribution in [3.63, 3.8) is 0 Å². The van der Waals surface area contributed by atoms with Crippen molar-refractivity contribution in [2.75, 3.05) is 33.4 Å². The van der Waals surface area contributed by atoms with Gasteiger partial charge >= 0.3 is 5.97 Å². The van der Waals surface area contributed by atoms with Gasteiger partial charge in [-0.2, -0.15) is 0 Å². The smallest absolute Gasteiger partial charge is 0.309 e. The molecular weight excluding hydrogens is 350 g/mol. The van der Waals surface area contributed by atoms with Gasteiger partial charge in [-0.15, -0.1) is 0 Å². The summed E-state index contributed by atoms with van der Waals surface area (Å²) in [6.07, 6.45) is 18.1. The summed E-state index contributed by atoms with van der Waals surface area (Å²) in [5.41, 5.74) is 0. The van der Waals surface area contributed by atoms with Crippen molar-refractivity contribution in [1.82, 2.24) is 4.90 Å². The SMILES string of the molecule is CCCCCCC(CCCCCCO)CCCCOC(=O)C1CCN(C)CC1. The van der Waals surface area contributed by atoms with Gasteiger partial charge in [0.05, 0.1) is 12.5 Å². The second kappa shape index (κ2) is 17.3. The van der Waals surface area contributed by atoms with Crippen molar-refractivity contribution < 1.29 is 14.6 Å². The van der Waals surface area contributed by atoms with Crippen LogP contribution in [0.2, 0.25) is 0 Å². The van der Waals surface area contributed by atoms with Crippen LogP contribution < -0.4 is 0 Å². The molecule has 0 bridgehead atoms. The molecule has 166 valence electrons. The van der Waals surface area contributed by atoms with Gasteiger partial charge in [-0.3, -0.25) is 4.79 Å². The van der Waals surface area contributed by atoms with Gasteiger partial charge in [0.25, 0.3) is 0 Å². The Morgan fingerprint density at radius 2 is 1.50 bits per heavy atom. The van der Waals surface area contributed by atoms with Crippen LogP contribution >= 0.6 is 0 Å². The van der Waals surface area contributed by atoms with Gasteiger partial charge in [-0.25, -0.2) is 0 Å². The lowest BCUT2D eigenvalue weighted by Crippen LogP contribution is -2.34. The fraction of sp³-hybridized carbons (Fsp3) is 0.958. The quantitative estimate of drug-likeness (QED) is 0.257. The van der Waals surface area contributed by atoms with E-state index in [0.717, 1.165) is 51.1 Å². The topological polar surface area (TPSA) is 49.8 Å². The summed E-state index contributed by atoms with van der Waals surface area (Å²) in [5.74, 6) is 0.991. The number of piperidine rings is 1. The van der Waals surface area contributed by atoms with Gasteiger partial charge in [0.15, 0.2) is 0 Å². The highest BCUT2D eigenvalue weighted by Gasteiger charge is 2.24. The molecule has 0 saturated carbocycles. The number of nitrogens with zero attached hydrogens (tertiary/aromatic N) is 1. The second-order valence-corrected chi connectivity index (χ2v) is 8.88. The van der Waals surface area contributed by atoms with Crippen LogP contribution in [0.25, 0.3) is 0 Å². The molecule has 1 N–H and O–H groups in total. The van der Waals surface area contributed by atoms with E-state index < -0.39 is 0 Å². The number of hydrogen-bond acceptors (Lipinski definition) is 4. The number of esters is 1. The molecule has 28 heavy (non-hydrogen) atoms. The van der Waals surface area contributed by atoms with Crippen LogP contribution in [0.3, 0.4) is 0 Å². The summed E-state index contributed by atoms with van der Waals surface area (Å²) < 4.78 is 5.56. The normalized spacial score (nSPS) is 17.0. The number of unbranched alkanes of at least 4 members (excludes halogenated alkanes) is 7. The molecule has 0 aliphatic carbocycles. The molecule has 4 heteroatoms. The average molecular weight is 398 g/mol. The monoisotopic (exact) mass is 397 g/mol. The Labute approximate surface area is 174 Å². The van der Waals surface area contributed by atoms with Gasteiger partial charge in [-0.05, 0) is 58.2 Å². The Morgan fingerprint density at radius 3 is 2.11 bits per heavy atom. The van der Waals surface area contributed by atoms with Crippen molar-refractivity contribution in [3.05, 3.63) is 0 Å². The third-order valence-corrected chi connectivity index (χ3v) is 6.29. The van der Waals surface area contributed by atoms with Crippen molar-refractivity contribution in [2.24, 2.45) is 11.8 Å². The molecule has 1 aliphatic heterocycles. The summed E-state index contributed by atoms with van der Waals surface area (Å²) in [6, 6.07) is 0. The molecule has 1 fully saturated rings. The average Bonchev–Trinajstić information content (AvgIpc) is 2.70. The van der Waals surface area contributed by atoms with E-state index in [9.17, 15) is 4.79 Å². The molecule has 0 aromatic rings. The fourth-order valence-electron chi connectivity index (χ4n) is 4.26. The zero-order chi connectivity index (χ0) is 20.5. The van der Waals surface area contributed by atoms with Crippen molar-refractivity contribution in [2.45, 2.75) is 103 Å². The van der Waals surface area contributed by atoms with Crippen LogP contribution in [0.15, 0.2) is 0 Å². The lowest BCUT2D eigenvalue weighted by Gasteiger charge is -2.27. The molecule has 0 amide bonds. The zero-order valence-electron chi connectivity index (χ0n) is 18.8. The lowest BCUT2D eigenvalue weighted by molar-refractivity contribution is -0.150. The Bertz CT molecular complexity index is 367. The van der Waals surface area contributed by atoms with E-state index in [0.29, 0.717) is 13.2 Å². The third-order valence-electron chi connectivity index (χ3n) is 6.29. The number of aliphatic hydroxyl groups is 1. The van der Waals surface area contributed by atoms with Crippen molar-refractivity contribution >= 4 is 5.97 Å². The third kappa shape index (κ3) is 12.8. The van der Waals surface area contributed by atoms with Gasteiger partial charge in [0, 0.05) is 6.61 Å². The van der Waals surface area contributed by atoms with E-state index in [-0.39, 0.29) is 11.9 Å². The number of carbonyl (C=O) groups is 1. The standard InChI is InChI=1S/C24H47NO3/c1-3-4-5-8-13-22(14-9-6-7-11-20-26)15-10-12-21-28-24(27)23-16-18-25(2)19-17-23/h22-23,26H,3-21H2,1-2H3. The van der Waals surface area contributed by atoms with E-state index in [1.807, 2.05) is 0 Å². The fourth-order valence-corrected chi connectivity index (χ4v) is 4.26. The van der Waals surface area contributed by atoms with Crippen LogP contribution in [0, 0.1) is 11.8 Å². The molecule has 4 nitrogen and oxygen atoms in total. The van der Waals surface area contributed by atoms with Crippen LogP contribution in [0.5, 0.6) is 0 Å². The molecule has 0 aromatic heterocycles. The molecule has 1 unspecified atom stereocenters. The van der Waals surface area contributed by atoms with Crippen molar-refractivity contribution in [3.8, 4) is 0 Å². The summed E-state index contributed by atoms with van der Waals surface area (Å²) in [7, 11) is 2.12. The van der Waals surface area contributed by atoms with Crippen LogP contribution in [-0.2, 0) is 9.53 Å². The number of carbonyl (C=O) groups excluding carboxylic acids is 1. The van der Waals surface area contributed by atoms with Gasteiger partial charge in [-0.1, -0.05) is 71.1 Å². The number of likely N-dealkylation sites (tertiary alicyclic amines) is 1. The van der Waals surface area contributed by atoms with Crippen LogP contribution in [0.1, 0.15) is 103 Å². The largest absolute Gasteiger partial charge is 0.465 e. The zero-order valence-corrected chi connectivity index (χ0v) is 18.8. The highest BCUT2D eigenvalue weighted by atomic mass is 16.5. The summed E-state index contributed by atoms with van der Waals surface area (Å²) in [4.78, 5) is 14.5. The minimum absolute atomic E-state index is 0.0353. The summed E-state index contributed by atoms with van der Waals surface area (Å²) in [5, 5.41) is 8.90. The molecule has 1 aliphatic rings. The maximum atomic E-state index is 12.2. The van der Waals surface area contributed by atoms with E-state index in [1.54, 1.807) is 0 Å². The highest BCUT2D eigenvalue weighted by molar-refractivity contribution is 5.72. The molecular formula is C24H47NO3. The Balaban J connectivity index is 2.14. The molecule has 0 spiro atoms. The summed E-state index contributed by atoms with van der Waals surface area (Å²) in [6.45, 7) is 5.22. The number of ether oxygens (including phenoxy) is 1. The van der Waals surface area contributed by atoms with Crippen molar-refractivity contribution in [1.29, 1.82) is 0 Å². The Morgan fingerprint density at radius 1 is 0.929 bits per heavy atom. The number of aliphatic hydroxyl groups excluding tert-OH is 1.